The van der Waals surface area contributed by atoms with E-state index in [1.807, 2.05) is 0 Å². The van der Waals surface area contributed by atoms with E-state index in [2.05, 4.69) is 95.9 Å². The maximum Gasteiger partial charge on any atom is 0.0773 e. The molecule has 0 unspecified atom stereocenters. The van der Waals surface area contributed by atoms with Gasteiger partial charge in [0.25, 0.3) is 0 Å². The highest BCUT2D eigenvalue weighted by atomic mass is 16.5. The molecule has 3 aliphatic heterocycles. The van der Waals surface area contributed by atoms with Crippen molar-refractivity contribution in [2.75, 3.05) is 13.1 Å². The third-order valence-electron chi connectivity index (χ3n) is 6.74. The smallest absolute Gasteiger partial charge is 0.0773 e. The number of ether oxygens (including phenoxy) is 1. The van der Waals surface area contributed by atoms with E-state index in [9.17, 15) is 0 Å². The first-order chi connectivity index (χ1) is 14.4. The third-order valence-corrected chi connectivity index (χ3v) is 6.74. The lowest BCUT2D eigenvalue weighted by molar-refractivity contribution is -0.120. The fourth-order valence-corrected chi connectivity index (χ4v) is 5.34. The van der Waals surface area contributed by atoms with Gasteiger partial charge in [-0.1, -0.05) is 91.0 Å². The normalized spacial score (nSPS) is 26.0. The summed E-state index contributed by atoms with van der Waals surface area (Å²) in [6, 6.07) is 33.0. The maximum absolute atomic E-state index is 6.70. The average molecular weight is 384 g/mol. The molecule has 0 radical (unpaired) electrons. The molecule has 3 saturated heterocycles. The molecule has 3 aromatic rings. The highest BCUT2D eigenvalue weighted by molar-refractivity contribution is 5.35. The van der Waals surface area contributed by atoms with Gasteiger partial charge in [0.2, 0.25) is 0 Å². The van der Waals surface area contributed by atoms with Crippen LogP contribution >= 0.6 is 0 Å². The lowest BCUT2D eigenvalue weighted by atomic mass is 9.72. The summed E-state index contributed by atoms with van der Waals surface area (Å²) in [7, 11) is 0. The van der Waals surface area contributed by atoms with Crippen molar-refractivity contribution in [2.24, 2.45) is 5.92 Å². The van der Waals surface area contributed by atoms with Crippen molar-refractivity contribution in [3.05, 3.63) is 108 Å². The fraction of sp³-hybridized carbons (Fsp3) is 0.333. The standard InChI is InChI=1S/C27H29NO/c1-4-10-21(11-5-1)20-29-27-24-16-18-28(19-17-24)26(27)25(22-12-6-2-7-13-22)23-14-8-3-9-15-23/h1-15,24-27H,16-20H2/t26-,27-/m1/s1. The topological polar surface area (TPSA) is 12.5 Å². The highest BCUT2D eigenvalue weighted by Gasteiger charge is 2.47. The second-order valence-corrected chi connectivity index (χ2v) is 8.42. The quantitative estimate of drug-likeness (QED) is 0.557. The molecular formula is C27H29NO. The zero-order chi connectivity index (χ0) is 19.5. The first kappa shape index (κ1) is 18.6. The van der Waals surface area contributed by atoms with E-state index in [0.717, 1.165) is 0 Å². The van der Waals surface area contributed by atoms with Crippen LogP contribution in [0.5, 0.6) is 0 Å². The number of rotatable bonds is 6. The molecule has 6 rings (SSSR count). The van der Waals surface area contributed by atoms with Crippen LogP contribution in [0.4, 0.5) is 0 Å². The van der Waals surface area contributed by atoms with Gasteiger partial charge in [0, 0.05) is 12.0 Å². The van der Waals surface area contributed by atoms with Gasteiger partial charge in [0.05, 0.1) is 12.7 Å². The molecule has 2 atom stereocenters. The molecule has 0 aliphatic carbocycles. The number of hydrogen-bond acceptors (Lipinski definition) is 2. The van der Waals surface area contributed by atoms with Crippen LogP contribution in [0.1, 0.15) is 35.4 Å². The van der Waals surface area contributed by atoms with Crippen molar-refractivity contribution in [3.63, 3.8) is 0 Å². The molecule has 2 nitrogen and oxygen atoms in total. The van der Waals surface area contributed by atoms with Gasteiger partial charge in [-0.15, -0.1) is 0 Å². The van der Waals surface area contributed by atoms with Crippen molar-refractivity contribution >= 4 is 0 Å². The minimum atomic E-state index is 0.267. The zero-order valence-electron chi connectivity index (χ0n) is 16.9. The molecule has 29 heavy (non-hydrogen) atoms. The van der Waals surface area contributed by atoms with Gasteiger partial charge in [-0.3, -0.25) is 4.90 Å². The van der Waals surface area contributed by atoms with Crippen molar-refractivity contribution in [3.8, 4) is 0 Å². The molecular weight excluding hydrogens is 354 g/mol. The number of nitrogens with zero attached hydrogens (tertiary/aromatic N) is 1. The number of hydrogen-bond donors (Lipinski definition) is 0. The molecule has 3 aromatic carbocycles. The van der Waals surface area contributed by atoms with Gasteiger partial charge in [0.15, 0.2) is 0 Å². The number of fused-ring (bicyclic) bond motifs is 3. The number of benzene rings is 3. The van der Waals surface area contributed by atoms with Crippen molar-refractivity contribution in [1.82, 2.24) is 4.90 Å². The van der Waals surface area contributed by atoms with Crippen LogP contribution in [-0.4, -0.2) is 30.1 Å². The highest BCUT2D eigenvalue weighted by Crippen LogP contribution is 2.43. The summed E-state index contributed by atoms with van der Waals surface area (Å²) in [5, 5.41) is 0. The van der Waals surface area contributed by atoms with Gasteiger partial charge in [-0.25, -0.2) is 0 Å². The van der Waals surface area contributed by atoms with E-state index in [4.69, 9.17) is 4.74 Å². The fourth-order valence-electron chi connectivity index (χ4n) is 5.34. The molecule has 0 amide bonds. The summed E-state index contributed by atoms with van der Waals surface area (Å²) in [4.78, 5) is 2.69. The molecule has 148 valence electrons. The Morgan fingerprint density at radius 3 is 1.79 bits per heavy atom. The molecule has 0 N–H and O–H groups in total. The van der Waals surface area contributed by atoms with E-state index >= 15 is 0 Å². The predicted molar refractivity (Wildman–Crippen MR) is 118 cm³/mol. The maximum atomic E-state index is 6.70. The van der Waals surface area contributed by atoms with E-state index < -0.39 is 0 Å². The van der Waals surface area contributed by atoms with E-state index in [-0.39, 0.29) is 6.10 Å². The Kier molecular flexibility index (Phi) is 5.47. The first-order valence-corrected chi connectivity index (χ1v) is 10.9. The van der Waals surface area contributed by atoms with Gasteiger partial charge >= 0.3 is 0 Å². The summed E-state index contributed by atoms with van der Waals surface area (Å²) in [6.45, 7) is 3.08. The van der Waals surface area contributed by atoms with E-state index in [0.29, 0.717) is 24.5 Å². The Morgan fingerprint density at radius 2 is 1.24 bits per heavy atom. The zero-order valence-corrected chi connectivity index (χ0v) is 16.9. The lowest BCUT2D eigenvalue weighted by Crippen LogP contribution is -2.60. The minimum absolute atomic E-state index is 0.267. The molecule has 2 bridgehead atoms. The van der Waals surface area contributed by atoms with Crippen LogP contribution in [0.15, 0.2) is 91.0 Å². The largest absolute Gasteiger partial charge is 0.372 e. The van der Waals surface area contributed by atoms with E-state index in [1.54, 1.807) is 0 Å². The summed E-state index contributed by atoms with van der Waals surface area (Å²) < 4.78 is 6.70. The van der Waals surface area contributed by atoms with Crippen LogP contribution in [0.2, 0.25) is 0 Å². The molecule has 3 fully saturated rings. The molecule has 3 aliphatic rings. The summed E-state index contributed by atoms with van der Waals surface area (Å²) in [5.41, 5.74) is 4.05. The van der Waals surface area contributed by atoms with Crippen LogP contribution in [0.3, 0.4) is 0 Å². The molecule has 0 aromatic heterocycles. The molecule has 0 spiro atoms. The minimum Gasteiger partial charge on any atom is -0.372 e. The van der Waals surface area contributed by atoms with Crippen LogP contribution in [-0.2, 0) is 11.3 Å². The Bertz CT molecular complexity index is 848. The summed E-state index contributed by atoms with van der Waals surface area (Å²) in [6.07, 6.45) is 2.78. The molecule has 3 heterocycles. The Morgan fingerprint density at radius 1 is 0.724 bits per heavy atom. The van der Waals surface area contributed by atoms with Crippen LogP contribution in [0, 0.1) is 5.92 Å². The predicted octanol–water partition coefficient (Wildman–Crippen LogP) is 5.50. The first-order valence-electron chi connectivity index (χ1n) is 10.9. The Balaban J connectivity index is 1.50. The summed E-state index contributed by atoms with van der Waals surface area (Å²) in [5.74, 6) is 0.991. The summed E-state index contributed by atoms with van der Waals surface area (Å²) >= 11 is 0. The SMILES string of the molecule is c1ccc(CO[C@@H]2C3CCN(CC3)[C@@H]2C(c2ccccc2)c2ccccc2)cc1. The van der Waals surface area contributed by atoms with Crippen molar-refractivity contribution in [1.29, 1.82) is 0 Å². The van der Waals surface area contributed by atoms with Gasteiger partial charge in [0.1, 0.15) is 0 Å². The second-order valence-electron chi connectivity index (χ2n) is 8.42. The van der Waals surface area contributed by atoms with Gasteiger partial charge < -0.3 is 4.74 Å². The monoisotopic (exact) mass is 383 g/mol. The average Bonchev–Trinajstić information content (AvgIpc) is 2.81. The molecule has 0 saturated carbocycles. The molecule has 2 heteroatoms. The Hall–Kier alpha value is -2.42. The number of piperidine rings is 3. The van der Waals surface area contributed by atoms with Gasteiger partial charge in [-0.2, -0.15) is 0 Å². The van der Waals surface area contributed by atoms with Crippen molar-refractivity contribution in [2.45, 2.75) is 37.5 Å². The van der Waals surface area contributed by atoms with E-state index in [1.165, 1.54) is 42.6 Å². The van der Waals surface area contributed by atoms with Crippen LogP contribution < -0.4 is 0 Å². The van der Waals surface area contributed by atoms with Crippen LogP contribution in [0.25, 0.3) is 0 Å². The lowest BCUT2D eigenvalue weighted by Gasteiger charge is -2.53. The third kappa shape index (κ3) is 3.88. The van der Waals surface area contributed by atoms with Gasteiger partial charge in [-0.05, 0) is 48.5 Å². The Labute approximate surface area is 174 Å². The van der Waals surface area contributed by atoms with Crippen molar-refractivity contribution < 1.29 is 4.74 Å². The second kappa shape index (κ2) is 8.52.